The average Bonchev–Trinajstić information content (AvgIpc) is 3.05. The highest BCUT2D eigenvalue weighted by Crippen LogP contribution is 2.57. The molecular formula is C23H34N2O3S. The second-order valence-electron chi connectivity index (χ2n) is 10.6. The number of aromatic nitrogens is 1. The van der Waals surface area contributed by atoms with Crippen LogP contribution >= 0.6 is 11.8 Å². The number of hydrogen-bond donors (Lipinski definition) is 1. The number of nitrogens with one attached hydrogen (secondary N) is 1. The molecule has 0 aliphatic heterocycles. The average molecular weight is 419 g/mol. The van der Waals surface area contributed by atoms with Crippen molar-refractivity contribution in [2.45, 2.75) is 77.0 Å². The van der Waals surface area contributed by atoms with Crippen molar-refractivity contribution >= 4 is 17.7 Å². The minimum absolute atomic E-state index is 0.00707. The number of carbonyl (C=O) groups is 1. The Morgan fingerprint density at radius 3 is 2.83 bits per heavy atom. The van der Waals surface area contributed by atoms with E-state index in [1.165, 1.54) is 6.42 Å². The number of thioether (sulfide) groups is 1. The summed E-state index contributed by atoms with van der Waals surface area (Å²) >= 11 is 1.58. The first-order valence-corrected chi connectivity index (χ1v) is 11.8. The van der Waals surface area contributed by atoms with Crippen molar-refractivity contribution in [3.63, 3.8) is 0 Å². The Kier molecular flexibility index (Phi) is 5.51. The molecule has 5 nitrogen and oxygen atoms in total. The van der Waals surface area contributed by atoms with Crippen LogP contribution in [-0.4, -0.2) is 29.0 Å². The Balaban J connectivity index is 1.51. The van der Waals surface area contributed by atoms with Crippen LogP contribution in [0.5, 0.6) is 5.88 Å². The molecule has 5 atom stereocenters. The molecule has 160 valence electrons. The van der Waals surface area contributed by atoms with Crippen LogP contribution in [0.3, 0.4) is 0 Å². The van der Waals surface area contributed by atoms with Gasteiger partial charge in [-0.25, -0.2) is 0 Å². The molecule has 3 aliphatic rings. The first-order chi connectivity index (χ1) is 13.6. The summed E-state index contributed by atoms with van der Waals surface area (Å²) in [4.78, 5) is 13.9. The summed E-state index contributed by atoms with van der Waals surface area (Å²) in [6.07, 6.45) is 5.99. The maximum absolute atomic E-state index is 13.2. The van der Waals surface area contributed by atoms with Gasteiger partial charge in [-0.2, -0.15) is 0 Å². The lowest BCUT2D eigenvalue weighted by atomic mass is 9.68. The molecule has 1 N–H and O–H groups in total. The standard InChI is InChI=1S/C23H34N2O3S/c1-12(2)29-20-19(28-25-22(20)27-11-23(4,5)6)21(26)24-18-15-8-13(3)7-14-9-17(18)16(14)10-15/h7,12-13,15-18H,8-11H2,1-6H3,(H,24,26). The number of amides is 1. The van der Waals surface area contributed by atoms with E-state index >= 15 is 0 Å². The molecule has 1 aromatic rings. The lowest BCUT2D eigenvalue weighted by molar-refractivity contribution is 0.0857. The van der Waals surface area contributed by atoms with Gasteiger partial charge in [-0.3, -0.25) is 4.79 Å². The van der Waals surface area contributed by atoms with E-state index < -0.39 is 0 Å². The van der Waals surface area contributed by atoms with Crippen molar-refractivity contribution in [1.29, 1.82) is 0 Å². The Labute approximate surface area is 178 Å². The molecule has 0 aromatic carbocycles. The SMILES string of the molecule is CC1C=C2CC3C2CC(C1)C3NC(=O)c1onc(OCC(C)(C)C)c1SC(C)C. The molecule has 1 amide bonds. The summed E-state index contributed by atoms with van der Waals surface area (Å²) in [7, 11) is 0. The van der Waals surface area contributed by atoms with Crippen molar-refractivity contribution in [2.75, 3.05) is 6.61 Å². The van der Waals surface area contributed by atoms with Gasteiger partial charge in [0.1, 0.15) is 4.90 Å². The zero-order valence-electron chi connectivity index (χ0n) is 18.5. The largest absolute Gasteiger partial charge is 0.474 e. The molecule has 1 heterocycles. The molecule has 3 aliphatic carbocycles. The molecule has 0 radical (unpaired) electrons. The van der Waals surface area contributed by atoms with Crippen LogP contribution in [0, 0.1) is 29.1 Å². The second kappa shape index (κ2) is 7.68. The molecule has 6 heteroatoms. The molecule has 5 unspecified atom stereocenters. The third kappa shape index (κ3) is 4.23. The lowest BCUT2D eigenvalue weighted by Crippen LogP contribution is -2.46. The minimum Gasteiger partial charge on any atom is -0.474 e. The first-order valence-electron chi connectivity index (χ1n) is 10.9. The van der Waals surface area contributed by atoms with Gasteiger partial charge in [0.15, 0.2) is 0 Å². The Morgan fingerprint density at radius 2 is 2.14 bits per heavy atom. The van der Waals surface area contributed by atoms with E-state index in [1.807, 2.05) is 0 Å². The molecule has 4 rings (SSSR count). The number of hydrogen-bond acceptors (Lipinski definition) is 5. The topological polar surface area (TPSA) is 64.4 Å². The Hall–Kier alpha value is -1.43. The van der Waals surface area contributed by atoms with Crippen LogP contribution in [-0.2, 0) is 0 Å². The van der Waals surface area contributed by atoms with E-state index in [4.69, 9.17) is 9.26 Å². The van der Waals surface area contributed by atoms with Crippen LogP contribution in [0.4, 0.5) is 0 Å². The summed E-state index contributed by atoms with van der Waals surface area (Å²) in [5.74, 6) is 3.02. The van der Waals surface area contributed by atoms with Crippen molar-refractivity contribution < 1.29 is 14.1 Å². The third-order valence-corrected chi connectivity index (χ3v) is 7.35. The van der Waals surface area contributed by atoms with Crippen molar-refractivity contribution in [1.82, 2.24) is 10.5 Å². The fourth-order valence-corrected chi connectivity index (χ4v) is 6.03. The van der Waals surface area contributed by atoms with Gasteiger partial charge in [0.2, 0.25) is 5.76 Å². The zero-order chi connectivity index (χ0) is 20.9. The number of carbonyl (C=O) groups excluding carboxylic acids is 1. The number of rotatable bonds is 6. The van der Waals surface area contributed by atoms with Crippen LogP contribution in [0.15, 0.2) is 21.1 Å². The second-order valence-corrected chi connectivity index (χ2v) is 12.2. The zero-order valence-corrected chi connectivity index (χ0v) is 19.3. The minimum atomic E-state index is -0.146. The van der Waals surface area contributed by atoms with Gasteiger partial charge in [0, 0.05) is 11.3 Å². The van der Waals surface area contributed by atoms with Gasteiger partial charge in [-0.15, -0.1) is 11.8 Å². The smallest absolute Gasteiger partial charge is 0.291 e. The highest BCUT2D eigenvalue weighted by Gasteiger charge is 2.53. The van der Waals surface area contributed by atoms with Crippen LogP contribution in [0.25, 0.3) is 0 Å². The summed E-state index contributed by atoms with van der Waals surface area (Å²) in [6, 6.07) is 0.244. The molecule has 2 bridgehead atoms. The summed E-state index contributed by atoms with van der Waals surface area (Å²) in [5, 5.41) is 7.73. The number of nitrogens with zero attached hydrogens (tertiary/aromatic N) is 1. The van der Waals surface area contributed by atoms with Gasteiger partial charge < -0.3 is 14.6 Å². The highest BCUT2D eigenvalue weighted by atomic mass is 32.2. The molecular weight excluding hydrogens is 384 g/mol. The third-order valence-electron chi connectivity index (χ3n) is 6.28. The van der Waals surface area contributed by atoms with Gasteiger partial charge in [-0.05, 0) is 53.5 Å². The normalized spacial score (nSPS) is 30.6. The summed E-state index contributed by atoms with van der Waals surface area (Å²) < 4.78 is 11.4. The van der Waals surface area contributed by atoms with Crippen molar-refractivity contribution in [3.05, 3.63) is 17.4 Å². The van der Waals surface area contributed by atoms with Gasteiger partial charge in [0.05, 0.1) is 6.61 Å². The molecule has 1 aromatic heterocycles. The quantitative estimate of drug-likeness (QED) is 0.500. The lowest BCUT2D eigenvalue weighted by Gasteiger charge is -2.40. The Morgan fingerprint density at radius 1 is 1.38 bits per heavy atom. The van der Waals surface area contributed by atoms with E-state index in [0.29, 0.717) is 47.2 Å². The predicted molar refractivity (Wildman–Crippen MR) is 115 cm³/mol. The Bertz CT molecular complexity index is 808. The molecule has 2 fully saturated rings. The van der Waals surface area contributed by atoms with E-state index in [1.54, 1.807) is 17.3 Å². The monoisotopic (exact) mass is 418 g/mol. The molecule has 2 saturated carbocycles. The number of ether oxygens (including phenoxy) is 1. The fraction of sp³-hybridized carbons (Fsp3) is 0.739. The summed E-state index contributed by atoms with van der Waals surface area (Å²) in [5.41, 5.74) is 1.63. The van der Waals surface area contributed by atoms with Crippen molar-refractivity contribution in [3.8, 4) is 5.88 Å². The maximum Gasteiger partial charge on any atom is 0.291 e. The van der Waals surface area contributed by atoms with Crippen molar-refractivity contribution in [2.24, 2.45) is 29.1 Å². The predicted octanol–water partition coefficient (Wildman–Crippen LogP) is 5.32. The van der Waals surface area contributed by atoms with E-state index in [-0.39, 0.29) is 17.4 Å². The molecule has 0 saturated heterocycles. The highest BCUT2D eigenvalue weighted by molar-refractivity contribution is 8.00. The number of allylic oxidation sites excluding steroid dienone is 2. The summed E-state index contributed by atoms with van der Waals surface area (Å²) in [6.45, 7) is 13.3. The van der Waals surface area contributed by atoms with E-state index in [9.17, 15) is 4.79 Å². The van der Waals surface area contributed by atoms with Crippen LogP contribution < -0.4 is 10.1 Å². The van der Waals surface area contributed by atoms with Gasteiger partial charge in [0.25, 0.3) is 11.8 Å². The van der Waals surface area contributed by atoms with E-state index in [2.05, 4.69) is 58.1 Å². The maximum atomic E-state index is 13.2. The first kappa shape index (κ1) is 20.8. The molecule has 29 heavy (non-hydrogen) atoms. The van der Waals surface area contributed by atoms with Gasteiger partial charge in [-0.1, -0.05) is 53.2 Å². The number of fused-ring (bicyclic) bond motifs is 1. The fourth-order valence-electron chi connectivity index (χ4n) is 5.12. The van der Waals surface area contributed by atoms with E-state index in [0.717, 1.165) is 17.7 Å². The van der Waals surface area contributed by atoms with Crippen LogP contribution in [0.2, 0.25) is 0 Å². The van der Waals surface area contributed by atoms with Gasteiger partial charge >= 0.3 is 0 Å². The molecule has 0 spiro atoms. The van der Waals surface area contributed by atoms with Crippen LogP contribution in [0.1, 0.15) is 71.4 Å².